The van der Waals surface area contributed by atoms with Crippen LogP contribution in [0, 0.1) is 10.1 Å². The molecule has 0 radical (unpaired) electrons. The van der Waals surface area contributed by atoms with Crippen molar-refractivity contribution >= 4 is 5.69 Å². The largest absolute Gasteiger partial charge is 0.273 e. The van der Waals surface area contributed by atoms with Crippen LogP contribution in [0.5, 0.6) is 0 Å². The Morgan fingerprint density at radius 3 is 2.39 bits per heavy atom. The zero-order valence-corrected chi connectivity index (χ0v) is 15.6. The van der Waals surface area contributed by atoms with Gasteiger partial charge >= 0.3 is 0 Å². The fourth-order valence-electron chi connectivity index (χ4n) is 3.87. The predicted molar refractivity (Wildman–Crippen MR) is 110 cm³/mol. The molecule has 5 nitrogen and oxygen atoms in total. The molecule has 3 aromatic rings. The van der Waals surface area contributed by atoms with Crippen molar-refractivity contribution in [1.29, 1.82) is 0 Å². The molecule has 1 aliphatic rings. The molecule has 1 atom stereocenters. The van der Waals surface area contributed by atoms with Crippen molar-refractivity contribution in [3.8, 4) is 0 Å². The van der Waals surface area contributed by atoms with Crippen LogP contribution >= 0.6 is 0 Å². The number of rotatable bonds is 6. The summed E-state index contributed by atoms with van der Waals surface area (Å²) in [4.78, 5) is 11.0. The molecule has 1 N–H and O–H groups in total. The third kappa shape index (κ3) is 4.11. The van der Waals surface area contributed by atoms with Gasteiger partial charge in [-0.1, -0.05) is 72.8 Å². The van der Waals surface area contributed by atoms with E-state index in [1.807, 2.05) is 18.2 Å². The highest BCUT2D eigenvalue weighted by Gasteiger charge is 2.26. The van der Waals surface area contributed by atoms with Gasteiger partial charge in [0.1, 0.15) is 0 Å². The Kier molecular flexibility index (Phi) is 5.46. The van der Waals surface area contributed by atoms with Crippen LogP contribution in [0.4, 0.5) is 5.69 Å². The van der Waals surface area contributed by atoms with Gasteiger partial charge in [0, 0.05) is 30.8 Å². The summed E-state index contributed by atoms with van der Waals surface area (Å²) in [7, 11) is 0. The van der Waals surface area contributed by atoms with E-state index in [1.165, 1.54) is 16.7 Å². The van der Waals surface area contributed by atoms with E-state index in [9.17, 15) is 10.1 Å². The Balaban J connectivity index is 1.55. The lowest BCUT2D eigenvalue weighted by molar-refractivity contribution is -0.385. The van der Waals surface area contributed by atoms with Crippen molar-refractivity contribution in [3.05, 3.63) is 111 Å². The first-order valence-electron chi connectivity index (χ1n) is 9.54. The van der Waals surface area contributed by atoms with E-state index in [0.29, 0.717) is 18.2 Å². The van der Waals surface area contributed by atoms with E-state index < -0.39 is 0 Å². The minimum Gasteiger partial charge on any atom is -0.258 e. The lowest BCUT2D eigenvalue weighted by Gasteiger charge is -2.37. The van der Waals surface area contributed by atoms with Crippen LogP contribution in [0.2, 0.25) is 0 Å². The zero-order chi connectivity index (χ0) is 19.3. The van der Waals surface area contributed by atoms with Crippen molar-refractivity contribution in [2.45, 2.75) is 32.0 Å². The minimum absolute atomic E-state index is 0.159. The van der Waals surface area contributed by atoms with E-state index in [0.717, 1.165) is 19.4 Å². The number of para-hydroxylation sites is 1. The first-order valence-corrected chi connectivity index (χ1v) is 9.54. The zero-order valence-electron chi connectivity index (χ0n) is 15.6. The molecule has 142 valence electrons. The van der Waals surface area contributed by atoms with Gasteiger partial charge in [0.05, 0.1) is 4.92 Å². The van der Waals surface area contributed by atoms with E-state index in [1.54, 1.807) is 12.1 Å². The molecular weight excluding hydrogens is 350 g/mol. The molecule has 0 saturated carbocycles. The number of hydrogen-bond donors (Lipinski definition) is 1. The maximum Gasteiger partial charge on any atom is 0.273 e. The fraction of sp³-hybridized carbons (Fsp3) is 0.217. The van der Waals surface area contributed by atoms with E-state index in [-0.39, 0.29) is 10.6 Å². The Morgan fingerprint density at radius 1 is 0.929 bits per heavy atom. The summed E-state index contributed by atoms with van der Waals surface area (Å²) in [6.07, 6.45) is 1.88. The second-order valence-corrected chi connectivity index (χ2v) is 7.16. The third-order valence-electron chi connectivity index (χ3n) is 5.33. The highest BCUT2D eigenvalue weighted by Crippen LogP contribution is 2.25. The summed E-state index contributed by atoms with van der Waals surface area (Å²) in [6, 6.07) is 26.2. The number of fused-ring (bicyclic) bond motifs is 1. The minimum atomic E-state index is -0.316. The molecular formula is C23H23N3O2. The first-order chi connectivity index (χ1) is 13.7. The van der Waals surface area contributed by atoms with E-state index >= 15 is 0 Å². The van der Waals surface area contributed by atoms with Crippen LogP contribution in [-0.2, 0) is 25.9 Å². The number of hydrogen-bond acceptors (Lipinski definition) is 4. The van der Waals surface area contributed by atoms with Crippen LogP contribution in [0.15, 0.2) is 78.9 Å². The van der Waals surface area contributed by atoms with Gasteiger partial charge in [-0.2, -0.15) is 0 Å². The highest BCUT2D eigenvalue weighted by atomic mass is 16.6. The molecule has 4 rings (SSSR count). The smallest absolute Gasteiger partial charge is 0.258 e. The SMILES string of the molecule is O=[N+]([O-])c1ccccc1CNN1Cc2ccccc2CC1Cc1ccccc1. The van der Waals surface area contributed by atoms with Gasteiger partial charge in [0.15, 0.2) is 0 Å². The maximum atomic E-state index is 11.3. The molecule has 0 aromatic heterocycles. The van der Waals surface area contributed by atoms with Gasteiger partial charge < -0.3 is 0 Å². The summed E-state index contributed by atoms with van der Waals surface area (Å²) < 4.78 is 0. The fourth-order valence-corrected chi connectivity index (χ4v) is 3.87. The Hall–Kier alpha value is -3.02. The molecule has 1 aliphatic heterocycles. The molecule has 0 bridgehead atoms. The molecule has 0 spiro atoms. The summed E-state index contributed by atoms with van der Waals surface area (Å²) in [5, 5.41) is 13.5. The van der Waals surface area contributed by atoms with Crippen molar-refractivity contribution in [2.75, 3.05) is 0 Å². The van der Waals surface area contributed by atoms with Gasteiger partial charge in [-0.15, -0.1) is 0 Å². The van der Waals surface area contributed by atoms with Crippen LogP contribution in [0.3, 0.4) is 0 Å². The normalized spacial score (nSPS) is 16.5. The summed E-state index contributed by atoms with van der Waals surface area (Å²) in [6.45, 7) is 1.22. The average molecular weight is 373 g/mol. The van der Waals surface area contributed by atoms with Crippen LogP contribution < -0.4 is 5.43 Å². The van der Waals surface area contributed by atoms with Gasteiger partial charge in [-0.05, 0) is 29.5 Å². The standard InChI is InChI=1S/C23H23N3O2/c27-26(28)23-13-7-6-11-20(23)16-24-25-17-21-12-5-4-10-19(21)15-22(25)14-18-8-2-1-3-9-18/h1-13,22,24H,14-17H2. The monoisotopic (exact) mass is 373 g/mol. The number of nitrogens with zero attached hydrogens (tertiary/aromatic N) is 2. The van der Waals surface area contributed by atoms with Crippen LogP contribution in [0.1, 0.15) is 22.3 Å². The molecule has 0 fully saturated rings. The number of benzene rings is 3. The Bertz CT molecular complexity index is 959. The van der Waals surface area contributed by atoms with Gasteiger partial charge in [0.2, 0.25) is 0 Å². The van der Waals surface area contributed by atoms with Gasteiger partial charge in [-0.25, -0.2) is 10.4 Å². The number of nitro benzene ring substituents is 1. The summed E-state index contributed by atoms with van der Waals surface area (Å²) in [5.41, 5.74) is 8.32. The lowest BCUT2D eigenvalue weighted by atomic mass is 9.91. The molecule has 0 aliphatic carbocycles. The predicted octanol–water partition coefficient (Wildman–Crippen LogP) is 4.27. The van der Waals surface area contributed by atoms with E-state index in [2.05, 4.69) is 59.0 Å². The Labute approximate surface area is 164 Å². The Morgan fingerprint density at radius 2 is 1.61 bits per heavy atom. The molecule has 0 amide bonds. The average Bonchev–Trinajstić information content (AvgIpc) is 2.73. The molecule has 3 aromatic carbocycles. The molecule has 1 heterocycles. The molecule has 0 saturated heterocycles. The molecule has 5 heteroatoms. The summed E-state index contributed by atoms with van der Waals surface area (Å²) in [5.74, 6) is 0. The third-order valence-corrected chi connectivity index (χ3v) is 5.33. The quantitative estimate of drug-likeness (QED) is 0.518. The summed E-state index contributed by atoms with van der Waals surface area (Å²) >= 11 is 0. The first kappa shape index (κ1) is 18.3. The van der Waals surface area contributed by atoms with E-state index in [4.69, 9.17) is 0 Å². The second-order valence-electron chi connectivity index (χ2n) is 7.16. The van der Waals surface area contributed by atoms with Gasteiger partial charge in [-0.3, -0.25) is 10.1 Å². The molecule has 1 unspecified atom stereocenters. The number of nitrogens with one attached hydrogen (secondary N) is 1. The highest BCUT2D eigenvalue weighted by molar-refractivity contribution is 5.39. The molecule has 28 heavy (non-hydrogen) atoms. The van der Waals surface area contributed by atoms with Gasteiger partial charge in [0.25, 0.3) is 5.69 Å². The second kappa shape index (κ2) is 8.33. The van der Waals surface area contributed by atoms with Crippen molar-refractivity contribution in [3.63, 3.8) is 0 Å². The number of hydrazine groups is 1. The van der Waals surface area contributed by atoms with Crippen molar-refractivity contribution in [2.24, 2.45) is 0 Å². The topological polar surface area (TPSA) is 58.4 Å². The maximum absolute atomic E-state index is 11.3. The lowest BCUT2D eigenvalue weighted by Crippen LogP contribution is -2.49. The van der Waals surface area contributed by atoms with Crippen molar-refractivity contribution < 1.29 is 4.92 Å². The van der Waals surface area contributed by atoms with Crippen molar-refractivity contribution in [1.82, 2.24) is 10.4 Å². The van der Waals surface area contributed by atoms with Crippen LogP contribution in [0.25, 0.3) is 0 Å². The number of nitro groups is 1. The van der Waals surface area contributed by atoms with Crippen LogP contribution in [-0.4, -0.2) is 16.0 Å².